The molecule has 0 aliphatic carbocycles. The average Bonchev–Trinajstić information content (AvgIpc) is 2.94. The van der Waals surface area contributed by atoms with Gasteiger partial charge in [-0.05, 0) is 12.8 Å². The molecule has 2 heterocycles. The van der Waals surface area contributed by atoms with Crippen molar-refractivity contribution in [1.29, 1.82) is 0 Å². The number of likely N-dealkylation sites (tertiary alicyclic amines) is 1. The standard InChI is InChI=1S/C14H27N3O3.2ClH/c1-19-13(10-15)9-14(18)17-4-2-3-12(17)11-16-5-7-20-8-6-16;;/h12-13H,2-11,15H2,1H3;2*1H. The molecule has 0 aromatic rings. The Morgan fingerprint density at radius 2 is 2.00 bits per heavy atom. The first-order valence-corrected chi connectivity index (χ1v) is 7.57. The average molecular weight is 358 g/mol. The van der Waals surface area contributed by atoms with Crippen molar-refractivity contribution in [3.63, 3.8) is 0 Å². The fourth-order valence-corrected chi connectivity index (χ4v) is 3.01. The van der Waals surface area contributed by atoms with E-state index in [1.54, 1.807) is 7.11 Å². The number of hydrogen-bond donors (Lipinski definition) is 1. The maximum Gasteiger partial charge on any atom is 0.225 e. The smallest absolute Gasteiger partial charge is 0.225 e. The van der Waals surface area contributed by atoms with E-state index in [9.17, 15) is 4.79 Å². The molecule has 1 amide bonds. The zero-order chi connectivity index (χ0) is 14.4. The lowest BCUT2D eigenvalue weighted by Gasteiger charge is -2.33. The highest BCUT2D eigenvalue weighted by atomic mass is 35.5. The minimum absolute atomic E-state index is 0. The first kappa shape index (κ1) is 21.9. The second-order valence-corrected chi connectivity index (χ2v) is 5.59. The van der Waals surface area contributed by atoms with Crippen molar-refractivity contribution < 1.29 is 14.3 Å². The lowest BCUT2D eigenvalue weighted by Crippen LogP contribution is -2.47. The van der Waals surface area contributed by atoms with Gasteiger partial charge >= 0.3 is 0 Å². The van der Waals surface area contributed by atoms with Crippen LogP contribution >= 0.6 is 24.8 Å². The topological polar surface area (TPSA) is 68.0 Å². The third kappa shape index (κ3) is 6.18. The molecule has 132 valence electrons. The Hall–Kier alpha value is -0.110. The molecule has 22 heavy (non-hydrogen) atoms. The summed E-state index contributed by atoms with van der Waals surface area (Å²) in [7, 11) is 1.61. The second kappa shape index (κ2) is 11.4. The number of ether oxygens (including phenoxy) is 2. The van der Waals surface area contributed by atoms with Gasteiger partial charge in [-0.15, -0.1) is 24.8 Å². The van der Waals surface area contributed by atoms with E-state index in [0.29, 0.717) is 19.0 Å². The Morgan fingerprint density at radius 3 is 2.59 bits per heavy atom. The summed E-state index contributed by atoms with van der Waals surface area (Å²) in [6.07, 6.45) is 2.43. The number of carbonyl (C=O) groups is 1. The fraction of sp³-hybridized carbons (Fsp3) is 0.929. The molecule has 0 aromatic carbocycles. The van der Waals surface area contributed by atoms with E-state index < -0.39 is 0 Å². The molecule has 2 aliphatic rings. The van der Waals surface area contributed by atoms with Gasteiger partial charge in [0.25, 0.3) is 0 Å². The van der Waals surface area contributed by atoms with Gasteiger partial charge < -0.3 is 20.1 Å². The third-order valence-corrected chi connectivity index (χ3v) is 4.27. The molecule has 0 bridgehead atoms. The molecule has 8 heteroatoms. The van der Waals surface area contributed by atoms with Crippen LogP contribution in [0.4, 0.5) is 0 Å². The van der Waals surface area contributed by atoms with Crippen LogP contribution in [0.1, 0.15) is 19.3 Å². The van der Waals surface area contributed by atoms with Gasteiger partial charge in [-0.1, -0.05) is 0 Å². The van der Waals surface area contributed by atoms with Crippen molar-refractivity contribution in [3.8, 4) is 0 Å². The van der Waals surface area contributed by atoms with Gasteiger partial charge in [-0.25, -0.2) is 0 Å². The molecule has 0 spiro atoms. The van der Waals surface area contributed by atoms with Crippen LogP contribution in [0.15, 0.2) is 0 Å². The molecule has 0 saturated carbocycles. The number of morpholine rings is 1. The highest BCUT2D eigenvalue weighted by Gasteiger charge is 2.31. The number of rotatable bonds is 6. The number of amides is 1. The second-order valence-electron chi connectivity index (χ2n) is 5.59. The Kier molecular flexibility index (Phi) is 11.4. The van der Waals surface area contributed by atoms with Gasteiger partial charge in [-0.3, -0.25) is 9.69 Å². The third-order valence-electron chi connectivity index (χ3n) is 4.27. The normalized spacial score (nSPS) is 23.5. The summed E-state index contributed by atoms with van der Waals surface area (Å²) in [6, 6.07) is 0.343. The summed E-state index contributed by atoms with van der Waals surface area (Å²) in [5, 5.41) is 0. The zero-order valence-electron chi connectivity index (χ0n) is 13.2. The van der Waals surface area contributed by atoms with Crippen LogP contribution in [0.25, 0.3) is 0 Å². The molecular weight excluding hydrogens is 329 g/mol. The highest BCUT2D eigenvalue weighted by Crippen LogP contribution is 2.20. The number of carbonyl (C=O) groups excluding carboxylic acids is 1. The van der Waals surface area contributed by atoms with Crippen LogP contribution in [-0.2, 0) is 14.3 Å². The molecule has 2 fully saturated rings. The molecule has 0 aromatic heterocycles. The van der Waals surface area contributed by atoms with Crippen molar-refractivity contribution in [2.45, 2.75) is 31.4 Å². The number of nitrogens with zero attached hydrogens (tertiary/aromatic N) is 2. The molecule has 2 aliphatic heterocycles. The molecule has 2 rings (SSSR count). The van der Waals surface area contributed by atoms with E-state index >= 15 is 0 Å². The zero-order valence-corrected chi connectivity index (χ0v) is 14.9. The molecule has 2 saturated heterocycles. The monoisotopic (exact) mass is 357 g/mol. The summed E-state index contributed by atoms with van der Waals surface area (Å²) < 4.78 is 10.6. The maximum atomic E-state index is 12.4. The van der Waals surface area contributed by atoms with Gasteiger partial charge in [0.15, 0.2) is 0 Å². The van der Waals surface area contributed by atoms with Crippen molar-refractivity contribution >= 4 is 30.7 Å². The van der Waals surface area contributed by atoms with Crippen molar-refractivity contribution in [3.05, 3.63) is 0 Å². The number of nitrogens with two attached hydrogens (primary N) is 1. The number of hydrogen-bond acceptors (Lipinski definition) is 5. The highest BCUT2D eigenvalue weighted by molar-refractivity contribution is 5.85. The molecule has 2 atom stereocenters. The Bertz CT molecular complexity index is 314. The Balaban J connectivity index is 0.00000220. The van der Waals surface area contributed by atoms with E-state index in [1.807, 2.05) is 4.90 Å². The minimum Gasteiger partial charge on any atom is -0.380 e. The fourth-order valence-electron chi connectivity index (χ4n) is 3.01. The van der Waals surface area contributed by atoms with E-state index in [1.165, 1.54) is 0 Å². The first-order chi connectivity index (χ1) is 9.74. The summed E-state index contributed by atoms with van der Waals surface area (Å²) in [4.78, 5) is 16.8. The van der Waals surface area contributed by atoms with Gasteiger partial charge in [-0.2, -0.15) is 0 Å². The van der Waals surface area contributed by atoms with E-state index in [2.05, 4.69) is 4.90 Å². The van der Waals surface area contributed by atoms with E-state index in [-0.39, 0.29) is 36.8 Å². The SMILES string of the molecule is COC(CN)CC(=O)N1CCCC1CN1CCOCC1.Cl.Cl. The van der Waals surface area contributed by atoms with Crippen LogP contribution < -0.4 is 5.73 Å². The van der Waals surface area contributed by atoms with Gasteiger partial charge in [0.2, 0.25) is 5.91 Å². The van der Waals surface area contributed by atoms with Crippen LogP contribution in [0.3, 0.4) is 0 Å². The Labute approximate surface area is 145 Å². The molecule has 0 radical (unpaired) electrons. The molecule has 6 nitrogen and oxygen atoms in total. The minimum atomic E-state index is -0.160. The predicted molar refractivity (Wildman–Crippen MR) is 91.0 cm³/mol. The van der Waals surface area contributed by atoms with Crippen LogP contribution in [-0.4, -0.2) is 80.9 Å². The van der Waals surface area contributed by atoms with Crippen LogP contribution in [0.2, 0.25) is 0 Å². The number of methoxy groups -OCH3 is 1. The Morgan fingerprint density at radius 1 is 1.32 bits per heavy atom. The molecule has 2 unspecified atom stereocenters. The first-order valence-electron chi connectivity index (χ1n) is 7.57. The molecule has 2 N–H and O–H groups in total. The summed E-state index contributed by atoms with van der Waals surface area (Å²) >= 11 is 0. The van der Waals surface area contributed by atoms with Crippen LogP contribution in [0.5, 0.6) is 0 Å². The van der Waals surface area contributed by atoms with E-state index in [0.717, 1.165) is 52.2 Å². The predicted octanol–water partition coefficient (Wildman–Crippen LogP) is 0.517. The van der Waals surface area contributed by atoms with Crippen molar-refractivity contribution in [1.82, 2.24) is 9.80 Å². The summed E-state index contributed by atoms with van der Waals surface area (Å²) in [5.41, 5.74) is 5.60. The van der Waals surface area contributed by atoms with Crippen molar-refractivity contribution in [2.24, 2.45) is 5.73 Å². The largest absolute Gasteiger partial charge is 0.380 e. The summed E-state index contributed by atoms with van der Waals surface area (Å²) in [6.45, 7) is 5.79. The number of halogens is 2. The summed E-state index contributed by atoms with van der Waals surface area (Å²) in [5.74, 6) is 0.179. The van der Waals surface area contributed by atoms with Gasteiger partial charge in [0, 0.05) is 45.9 Å². The lowest BCUT2D eigenvalue weighted by atomic mass is 10.1. The van der Waals surface area contributed by atoms with Crippen molar-refractivity contribution in [2.75, 3.05) is 53.0 Å². The molecular formula is C14H29Cl2N3O3. The van der Waals surface area contributed by atoms with Gasteiger partial charge in [0.05, 0.1) is 25.7 Å². The lowest BCUT2D eigenvalue weighted by molar-refractivity contribution is -0.135. The van der Waals surface area contributed by atoms with Crippen LogP contribution in [0, 0.1) is 0 Å². The van der Waals surface area contributed by atoms with E-state index in [4.69, 9.17) is 15.2 Å². The quantitative estimate of drug-likeness (QED) is 0.750. The maximum absolute atomic E-state index is 12.4. The van der Waals surface area contributed by atoms with Gasteiger partial charge in [0.1, 0.15) is 0 Å².